The van der Waals surface area contributed by atoms with E-state index in [4.69, 9.17) is 9.84 Å². The third-order valence-electron chi connectivity index (χ3n) is 2.09. The third kappa shape index (κ3) is 6.37. The van der Waals surface area contributed by atoms with E-state index in [1.54, 1.807) is 0 Å². The number of carbonyl (C=O) groups is 1. The van der Waals surface area contributed by atoms with Crippen LogP contribution < -0.4 is 4.74 Å². The summed E-state index contributed by atoms with van der Waals surface area (Å²) in [5, 5.41) is 8.70. The summed E-state index contributed by atoms with van der Waals surface area (Å²) in [6.45, 7) is -1.52. The van der Waals surface area contributed by atoms with Crippen LogP contribution in [0.15, 0.2) is 18.2 Å². The summed E-state index contributed by atoms with van der Waals surface area (Å²) in [5.41, 5.74) is -0.270. The number of carboxylic acids is 1. The highest BCUT2D eigenvalue weighted by Crippen LogP contribution is 2.17. The molecule has 1 rings (SSSR count). The first-order chi connectivity index (χ1) is 9.28. The average molecular weight is 296 g/mol. The van der Waals surface area contributed by atoms with Gasteiger partial charge in [0.25, 0.3) is 0 Å². The fourth-order valence-electron chi connectivity index (χ4n) is 1.31. The van der Waals surface area contributed by atoms with Gasteiger partial charge in [-0.3, -0.25) is 0 Å². The van der Waals surface area contributed by atoms with Crippen LogP contribution in [0.5, 0.6) is 5.75 Å². The number of aromatic carboxylic acids is 1. The monoisotopic (exact) mass is 296 g/mol. The van der Waals surface area contributed by atoms with Gasteiger partial charge in [-0.1, -0.05) is 0 Å². The van der Waals surface area contributed by atoms with Crippen molar-refractivity contribution in [2.75, 3.05) is 19.8 Å². The zero-order chi connectivity index (χ0) is 15.2. The maximum absolute atomic E-state index is 13.1. The maximum Gasteiger partial charge on any atom is 0.411 e. The molecule has 0 bridgehead atoms. The van der Waals surface area contributed by atoms with Crippen molar-refractivity contribution in [3.05, 3.63) is 29.6 Å². The topological polar surface area (TPSA) is 55.8 Å². The Morgan fingerprint density at radius 3 is 2.50 bits per heavy atom. The quantitative estimate of drug-likeness (QED) is 0.621. The number of ether oxygens (including phenoxy) is 2. The Kier molecular flexibility index (Phi) is 5.75. The van der Waals surface area contributed by atoms with Gasteiger partial charge in [-0.2, -0.15) is 13.2 Å². The predicted octanol–water partition coefficient (Wildman–Crippen LogP) is 2.87. The van der Waals surface area contributed by atoms with Crippen LogP contribution >= 0.6 is 0 Å². The summed E-state index contributed by atoms with van der Waals surface area (Å²) < 4.78 is 57.7. The Morgan fingerprint density at radius 1 is 1.20 bits per heavy atom. The van der Waals surface area contributed by atoms with E-state index in [1.807, 2.05) is 0 Å². The van der Waals surface area contributed by atoms with E-state index in [-0.39, 0.29) is 30.9 Å². The lowest BCUT2D eigenvalue weighted by molar-refractivity contribution is -0.174. The lowest BCUT2D eigenvalue weighted by atomic mass is 10.2. The second kappa shape index (κ2) is 7.09. The van der Waals surface area contributed by atoms with E-state index in [0.717, 1.165) is 18.2 Å². The van der Waals surface area contributed by atoms with Crippen molar-refractivity contribution in [3.63, 3.8) is 0 Å². The molecule has 1 N–H and O–H groups in total. The fourth-order valence-corrected chi connectivity index (χ4v) is 1.31. The average Bonchev–Trinajstić information content (AvgIpc) is 2.31. The SMILES string of the molecule is O=C(O)c1cc(F)cc(OCCCOCC(F)(F)F)c1. The lowest BCUT2D eigenvalue weighted by Gasteiger charge is -2.09. The standard InChI is InChI=1S/C12H12F4O4/c13-9-4-8(11(17)18)5-10(6-9)20-3-1-2-19-7-12(14,15)16/h4-6H,1-3,7H2,(H,17,18). The highest BCUT2D eigenvalue weighted by atomic mass is 19.4. The molecule has 112 valence electrons. The number of hydrogen-bond acceptors (Lipinski definition) is 3. The van der Waals surface area contributed by atoms with Crippen LogP contribution in [0, 0.1) is 5.82 Å². The summed E-state index contributed by atoms with van der Waals surface area (Å²) in [7, 11) is 0. The molecule has 0 unspecified atom stereocenters. The first kappa shape index (κ1) is 16.2. The Morgan fingerprint density at radius 2 is 1.90 bits per heavy atom. The predicted molar refractivity (Wildman–Crippen MR) is 60.3 cm³/mol. The Labute approximate surface area is 111 Å². The van der Waals surface area contributed by atoms with Gasteiger partial charge in [-0.25, -0.2) is 9.18 Å². The minimum absolute atomic E-state index is 0.00165. The Bertz CT molecular complexity index is 459. The largest absolute Gasteiger partial charge is 0.493 e. The zero-order valence-electron chi connectivity index (χ0n) is 10.2. The summed E-state index contributed by atoms with van der Waals surface area (Å²) in [4.78, 5) is 10.7. The van der Waals surface area contributed by atoms with Crippen LogP contribution in [-0.2, 0) is 4.74 Å². The van der Waals surface area contributed by atoms with E-state index in [0.29, 0.717) is 0 Å². The number of alkyl halides is 3. The number of hydrogen-bond donors (Lipinski definition) is 1. The molecular formula is C12H12F4O4. The van der Waals surface area contributed by atoms with E-state index >= 15 is 0 Å². The van der Waals surface area contributed by atoms with Crippen LogP contribution in [0.25, 0.3) is 0 Å². The van der Waals surface area contributed by atoms with Gasteiger partial charge in [0.15, 0.2) is 0 Å². The molecule has 0 saturated heterocycles. The van der Waals surface area contributed by atoms with Crippen LogP contribution in [0.3, 0.4) is 0 Å². The van der Waals surface area contributed by atoms with Gasteiger partial charge in [0.2, 0.25) is 0 Å². The molecule has 0 aromatic heterocycles. The number of carboxylic acid groups (broad SMARTS) is 1. The molecule has 0 fully saturated rings. The highest BCUT2D eigenvalue weighted by molar-refractivity contribution is 5.88. The molecule has 0 atom stereocenters. The second-order valence-corrected chi connectivity index (χ2v) is 3.85. The van der Waals surface area contributed by atoms with Crippen LogP contribution in [0.4, 0.5) is 17.6 Å². The van der Waals surface area contributed by atoms with Gasteiger partial charge in [-0.15, -0.1) is 0 Å². The molecule has 1 aromatic rings. The lowest BCUT2D eigenvalue weighted by Crippen LogP contribution is -2.18. The van der Waals surface area contributed by atoms with Gasteiger partial charge in [0.1, 0.15) is 18.2 Å². The molecule has 0 amide bonds. The van der Waals surface area contributed by atoms with Crippen molar-refractivity contribution in [2.45, 2.75) is 12.6 Å². The van der Waals surface area contributed by atoms with Crippen molar-refractivity contribution in [1.82, 2.24) is 0 Å². The summed E-state index contributed by atoms with van der Waals surface area (Å²) in [6.07, 6.45) is -4.21. The van der Waals surface area contributed by atoms with Gasteiger partial charge in [0.05, 0.1) is 18.8 Å². The number of benzene rings is 1. The third-order valence-corrected chi connectivity index (χ3v) is 2.09. The minimum Gasteiger partial charge on any atom is -0.493 e. The zero-order valence-corrected chi connectivity index (χ0v) is 10.2. The smallest absolute Gasteiger partial charge is 0.411 e. The van der Waals surface area contributed by atoms with Gasteiger partial charge >= 0.3 is 12.1 Å². The van der Waals surface area contributed by atoms with E-state index in [9.17, 15) is 22.4 Å². The molecule has 0 spiro atoms. The van der Waals surface area contributed by atoms with E-state index < -0.39 is 24.6 Å². The molecular weight excluding hydrogens is 284 g/mol. The van der Waals surface area contributed by atoms with Gasteiger partial charge < -0.3 is 14.6 Å². The molecule has 0 aliphatic rings. The molecule has 0 saturated carbocycles. The van der Waals surface area contributed by atoms with E-state index in [2.05, 4.69) is 4.74 Å². The summed E-state index contributed by atoms with van der Waals surface area (Å²) >= 11 is 0. The molecule has 1 aromatic carbocycles. The first-order valence-corrected chi connectivity index (χ1v) is 5.59. The molecule has 20 heavy (non-hydrogen) atoms. The summed E-state index contributed by atoms with van der Waals surface area (Å²) in [6, 6.07) is 2.95. The highest BCUT2D eigenvalue weighted by Gasteiger charge is 2.27. The normalized spacial score (nSPS) is 11.4. The van der Waals surface area contributed by atoms with Crippen molar-refractivity contribution in [1.29, 1.82) is 0 Å². The molecule has 0 aliphatic heterocycles. The molecule has 0 radical (unpaired) electrons. The minimum atomic E-state index is -4.38. The fraction of sp³-hybridized carbons (Fsp3) is 0.417. The maximum atomic E-state index is 13.1. The molecule has 0 aliphatic carbocycles. The molecule has 4 nitrogen and oxygen atoms in total. The summed E-state index contributed by atoms with van der Waals surface area (Å²) in [5.74, 6) is -2.07. The Hall–Kier alpha value is -1.83. The Balaban J connectivity index is 2.34. The number of rotatable bonds is 7. The first-order valence-electron chi connectivity index (χ1n) is 5.59. The van der Waals surface area contributed by atoms with Crippen LogP contribution in [-0.4, -0.2) is 37.1 Å². The number of halogens is 4. The second-order valence-electron chi connectivity index (χ2n) is 3.85. The van der Waals surface area contributed by atoms with Crippen molar-refractivity contribution >= 4 is 5.97 Å². The van der Waals surface area contributed by atoms with Gasteiger partial charge in [0, 0.05) is 12.5 Å². The van der Waals surface area contributed by atoms with Crippen molar-refractivity contribution in [3.8, 4) is 5.75 Å². The molecule has 0 heterocycles. The van der Waals surface area contributed by atoms with Crippen LogP contribution in [0.1, 0.15) is 16.8 Å². The molecule has 8 heteroatoms. The van der Waals surface area contributed by atoms with Gasteiger partial charge in [-0.05, 0) is 12.1 Å². The van der Waals surface area contributed by atoms with E-state index in [1.165, 1.54) is 0 Å². The van der Waals surface area contributed by atoms with Crippen LogP contribution in [0.2, 0.25) is 0 Å². The van der Waals surface area contributed by atoms with Crippen molar-refractivity contribution < 1.29 is 36.9 Å². The van der Waals surface area contributed by atoms with Crippen molar-refractivity contribution in [2.24, 2.45) is 0 Å².